The first-order chi connectivity index (χ1) is 18.8. The van der Waals surface area contributed by atoms with Crippen LogP contribution in [0.5, 0.6) is 0 Å². The molecule has 200 valence electrons. The number of amides is 1. The summed E-state index contributed by atoms with van der Waals surface area (Å²) in [4.78, 5) is 17.5. The van der Waals surface area contributed by atoms with Crippen LogP contribution >= 0.6 is 11.3 Å². The van der Waals surface area contributed by atoms with Crippen molar-refractivity contribution in [3.63, 3.8) is 0 Å². The van der Waals surface area contributed by atoms with Gasteiger partial charge in [-0.05, 0) is 68.4 Å². The van der Waals surface area contributed by atoms with Crippen molar-refractivity contribution in [1.82, 2.24) is 19.4 Å². The molecule has 2 unspecified atom stereocenters. The molecule has 0 spiro atoms. The first-order valence-corrected chi connectivity index (χ1v) is 14.5. The highest BCUT2D eigenvalue weighted by Gasteiger charge is 2.50. The highest BCUT2D eigenvalue weighted by Crippen LogP contribution is 2.57. The minimum Gasteiger partial charge on any atom is -0.353 e. The summed E-state index contributed by atoms with van der Waals surface area (Å²) < 4.78 is 17.1. The first kappa shape index (κ1) is 25.7. The summed E-state index contributed by atoms with van der Waals surface area (Å²) in [6.07, 6.45) is 4.51. The maximum Gasteiger partial charge on any atom is 0.222 e. The van der Waals surface area contributed by atoms with Crippen LogP contribution in [-0.4, -0.2) is 21.5 Å². The number of nitrogens with one attached hydrogen (secondary N) is 1. The molecule has 1 N–H and O–H groups in total. The minimum absolute atomic E-state index is 0.0460. The summed E-state index contributed by atoms with van der Waals surface area (Å²) >= 11 is 1.70. The fourth-order valence-corrected chi connectivity index (χ4v) is 7.45. The van der Waals surface area contributed by atoms with Crippen LogP contribution in [0.25, 0.3) is 10.7 Å². The normalized spacial score (nSPS) is 20.3. The molecule has 39 heavy (non-hydrogen) atoms. The molecule has 0 saturated carbocycles. The highest BCUT2D eigenvalue weighted by molar-refractivity contribution is 7.17. The van der Waals surface area contributed by atoms with Gasteiger partial charge in [0.2, 0.25) is 10.9 Å². The van der Waals surface area contributed by atoms with Crippen molar-refractivity contribution >= 4 is 33.5 Å². The largest absolute Gasteiger partial charge is 0.353 e. The Bertz CT molecular complexity index is 1580. The quantitative estimate of drug-likeness (QED) is 0.256. The Kier molecular flexibility index (Phi) is 6.52. The Balaban J connectivity index is 1.52. The Morgan fingerprint density at radius 1 is 1.13 bits per heavy atom. The number of hydrogen-bond donors (Lipinski definition) is 1. The number of hydrogen-bond acceptors (Lipinski definition) is 3. The standard InChI is InChI=1S/C32H33FN4OS/c1-20(2)31(38)35-25-14-15-29-27(17-25)26-10-5-6-11-28(26)37(29,19-23-8-7-9-24(33)16-23)30-18-34-32(39-30)36-21(3)12-13-22(36)4/h5-13,16,18,20,25H,14-15,17,19H2,1-4H3/p+1. The number of aryl methyl sites for hydroxylation is 2. The monoisotopic (exact) mass is 541 g/mol. The number of rotatable bonds is 6. The van der Waals surface area contributed by atoms with Crippen LogP contribution in [0, 0.1) is 25.6 Å². The van der Waals surface area contributed by atoms with E-state index in [0.29, 0.717) is 11.0 Å². The van der Waals surface area contributed by atoms with E-state index in [2.05, 4.69) is 60.1 Å². The van der Waals surface area contributed by atoms with Crippen molar-refractivity contribution in [2.75, 3.05) is 0 Å². The van der Waals surface area contributed by atoms with E-state index in [0.717, 1.165) is 46.3 Å². The van der Waals surface area contributed by atoms with Crippen molar-refractivity contribution in [2.24, 2.45) is 5.92 Å². The zero-order valence-electron chi connectivity index (χ0n) is 22.9. The fraction of sp³-hybridized carbons (Fsp3) is 0.312. The molecule has 0 fully saturated rings. The van der Waals surface area contributed by atoms with Gasteiger partial charge in [0.15, 0.2) is 10.8 Å². The summed E-state index contributed by atoms with van der Waals surface area (Å²) in [5.41, 5.74) is 8.27. The second kappa shape index (κ2) is 9.88. The van der Waals surface area contributed by atoms with Gasteiger partial charge < -0.3 is 5.32 Å². The van der Waals surface area contributed by atoms with Gasteiger partial charge in [-0.3, -0.25) is 9.36 Å². The molecule has 3 heterocycles. The van der Waals surface area contributed by atoms with Gasteiger partial charge in [-0.2, -0.15) is 0 Å². The number of allylic oxidation sites excluding steroid dienone is 1. The number of para-hydroxylation sites is 1. The number of thiazole rings is 1. The smallest absolute Gasteiger partial charge is 0.222 e. The second-order valence-corrected chi connectivity index (χ2v) is 12.1. The van der Waals surface area contributed by atoms with Crippen LogP contribution in [0.2, 0.25) is 0 Å². The maximum atomic E-state index is 14.4. The molecule has 1 amide bonds. The summed E-state index contributed by atoms with van der Waals surface area (Å²) in [7, 11) is 0. The van der Waals surface area contributed by atoms with Gasteiger partial charge in [0.1, 0.15) is 24.3 Å². The molecule has 2 aromatic heterocycles. The molecule has 0 bridgehead atoms. The molecule has 4 aromatic rings. The molecule has 2 atom stereocenters. The molecular weight excluding hydrogens is 507 g/mol. The molecule has 2 aromatic carbocycles. The second-order valence-electron chi connectivity index (χ2n) is 11.1. The zero-order valence-corrected chi connectivity index (χ0v) is 23.7. The molecule has 5 nitrogen and oxygen atoms in total. The van der Waals surface area contributed by atoms with E-state index in [9.17, 15) is 9.18 Å². The van der Waals surface area contributed by atoms with Crippen LogP contribution in [0.4, 0.5) is 15.1 Å². The molecule has 0 saturated heterocycles. The van der Waals surface area contributed by atoms with E-state index in [1.165, 1.54) is 28.6 Å². The number of benzene rings is 2. The number of fused-ring (bicyclic) bond motifs is 2. The predicted octanol–water partition coefficient (Wildman–Crippen LogP) is 7.58. The fourth-order valence-electron chi connectivity index (χ4n) is 6.24. The lowest BCUT2D eigenvalue weighted by molar-refractivity contribution is -0.124. The van der Waals surface area contributed by atoms with Crippen molar-refractivity contribution in [3.05, 3.63) is 101 Å². The molecule has 1 aliphatic carbocycles. The van der Waals surface area contributed by atoms with Gasteiger partial charge >= 0.3 is 0 Å². The van der Waals surface area contributed by atoms with Gasteiger partial charge in [-0.1, -0.05) is 38.1 Å². The van der Waals surface area contributed by atoms with Crippen molar-refractivity contribution in [1.29, 1.82) is 0 Å². The molecule has 1 aliphatic heterocycles. The number of quaternary nitrogens is 1. The van der Waals surface area contributed by atoms with E-state index < -0.39 is 0 Å². The molecule has 0 radical (unpaired) electrons. The van der Waals surface area contributed by atoms with E-state index in [1.54, 1.807) is 23.5 Å². The first-order valence-electron chi connectivity index (χ1n) is 13.6. The van der Waals surface area contributed by atoms with Crippen molar-refractivity contribution in [2.45, 2.75) is 59.5 Å². The number of carbonyl (C=O) groups is 1. The molecule has 6 rings (SSSR count). The lowest BCUT2D eigenvalue weighted by Gasteiger charge is -2.37. The van der Waals surface area contributed by atoms with E-state index in [-0.39, 0.29) is 23.7 Å². The number of halogens is 1. The van der Waals surface area contributed by atoms with Gasteiger partial charge in [0, 0.05) is 52.5 Å². The molecular formula is C32H34FN4OS+. The van der Waals surface area contributed by atoms with E-state index in [1.807, 2.05) is 26.1 Å². The van der Waals surface area contributed by atoms with Crippen LogP contribution in [0.3, 0.4) is 0 Å². The van der Waals surface area contributed by atoms with Crippen molar-refractivity contribution in [3.8, 4) is 5.13 Å². The maximum absolute atomic E-state index is 14.4. The Morgan fingerprint density at radius 3 is 2.64 bits per heavy atom. The van der Waals surface area contributed by atoms with Crippen LogP contribution in [-0.2, 0) is 11.3 Å². The molecule has 2 aliphatic rings. The van der Waals surface area contributed by atoms with Crippen molar-refractivity contribution < 1.29 is 9.18 Å². The van der Waals surface area contributed by atoms with Crippen LogP contribution in [0.15, 0.2) is 72.6 Å². The minimum atomic E-state index is -0.226. The third kappa shape index (κ3) is 4.34. The SMILES string of the molecule is Cc1ccc(C)n1-c1ncc([N+]2(Cc3cccc(F)c3)C3=C(CC(NC(=O)C(C)C)CC3)c3ccccc32)s1. The number of nitrogens with zero attached hydrogens (tertiary/aromatic N) is 3. The van der Waals surface area contributed by atoms with Crippen LogP contribution in [0.1, 0.15) is 55.6 Å². The van der Waals surface area contributed by atoms with E-state index in [4.69, 9.17) is 4.98 Å². The van der Waals surface area contributed by atoms with Gasteiger partial charge in [-0.25, -0.2) is 13.9 Å². The summed E-state index contributed by atoms with van der Waals surface area (Å²) in [6, 6.07) is 19.9. The van der Waals surface area contributed by atoms with E-state index >= 15 is 0 Å². The summed E-state index contributed by atoms with van der Waals surface area (Å²) in [5, 5.41) is 5.33. The predicted molar refractivity (Wildman–Crippen MR) is 156 cm³/mol. The Hall–Kier alpha value is -3.55. The Labute approximate surface area is 233 Å². The number of carbonyl (C=O) groups excluding carboxylic acids is 1. The lowest BCUT2D eigenvalue weighted by atomic mass is 9.89. The molecule has 7 heteroatoms. The summed E-state index contributed by atoms with van der Waals surface area (Å²) in [6.45, 7) is 8.67. The number of aromatic nitrogens is 2. The third-order valence-corrected chi connectivity index (χ3v) is 9.23. The topological polar surface area (TPSA) is 46.9 Å². The van der Waals surface area contributed by atoms with Gasteiger partial charge in [0.25, 0.3) is 0 Å². The zero-order chi connectivity index (χ0) is 27.3. The van der Waals surface area contributed by atoms with Gasteiger partial charge in [-0.15, -0.1) is 0 Å². The average molecular weight is 542 g/mol. The van der Waals surface area contributed by atoms with Crippen LogP contribution < -0.4 is 9.80 Å². The summed E-state index contributed by atoms with van der Waals surface area (Å²) in [5.74, 6) is -0.174. The van der Waals surface area contributed by atoms with Gasteiger partial charge in [0.05, 0.1) is 0 Å². The third-order valence-electron chi connectivity index (χ3n) is 8.13. The average Bonchev–Trinajstić information content (AvgIpc) is 3.60. The highest BCUT2D eigenvalue weighted by atomic mass is 32.1. The Morgan fingerprint density at radius 2 is 1.90 bits per heavy atom. The lowest BCUT2D eigenvalue weighted by Crippen LogP contribution is -2.43.